The Morgan fingerprint density at radius 2 is 1.68 bits per heavy atom. The van der Waals surface area contributed by atoms with Crippen LogP contribution in [0.15, 0.2) is 48.7 Å². The third-order valence-electron chi connectivity index (χ3n) is 6.54. The second-order valence-electron chi connectivity index (χ2n) is 9.78. The summed E-state index contributed by atoms with van der Waals surface area (Å²) in [6.45, 7) is 8.53. The fraction of sp³-hybridized carbons (Fsp3) is 0.345. The molecule has 0 aliphatic heterocycles. The van der Waals surface area contributed by atoms with Crippen LogP contribution in [0.5, 0.6) is 17.2 Å². The number of rotatable bonds is 8. The van der Waals surface area contributed by atoms with Gasteiger partial charge < -0.3 is 18.8 Å². The zero-order valence-electron chi connectivity index (χ0n) is 22.1. The summed E-state index contributed by atoms with van der Waals surface area (Å²) in [5.74, 6) is 2.37. The molecule has 0 aliphatic rings. The minimum Gasteiger partial charge on any atom is -0.493 e. The van der Waals surface area contributed by atoms with Crippen molar-refractivity contribution in [3.63, 3.8) is 0 Å². The number of carbonyl (C=O) groups is 1. The highest BCUT2D eigenvalue weighted by atomic mass is 16.5. The number of imidazole rings is 1. The molecule has 5 aromatic rings. The average molecular weight is 501 g/mol. The summed E-state index contributed by atoms with van der Waals surface area (Å²) in [7, 11) is 3.26. The van der Waals surface area contributed by atoms with Gasteiger partial charge in [-0.3, -0.25) is 9.20 Å². The number of ether oxygens (including phenoxy) is 3. The van der Waals surface area contributed by atoms with E-state index < -0.39 is 0 Å². The van der Waals surface area contributed by atoms with E-state index in [1.165, 1.54) is 0 Å². The summed E-state index contributed by atoms with van der Waals surface area (Å²) in [6.07, 6.45) is 2.60. The van der Waals surface area contributed by atoms with Gasteiger partial charge in [0.25, 0.3) is 0 Å². The highest BCUT2D eigenvalue weighted by molar-refractivity contribution is 6.01. The maximum atomic E-state index is 12.7. The van der Waals surface area contributed by atoms with E-state index in [0.29, 0.717) is 23.8 Å². The van der Waals surface area contributed by atoms with Crippen molar-refractivity contribution in [3.05, 3.63) is 60.0 Å². The number of hydrogen-bond donors (Lipinski definition) is 0. The van der Waals surface area contributed by atoms with Gasteiger partial charge in [-0.25, -0.2) is 9.97 Å². The van der Waals surface area contributed by atoms with Gasteiger partial charge in [0, 0.05) is 18.7 Å². The van der Waals surface area contributed by atoms with Gasteiger partial charge in [0.1, 0.15) is 16.9 Å². The zero-order chi connectivity index (χ0) is 26.3. The maximum Gasteiger partial charge on any atom is 0.313 e. The first-order valence-electron chi connectivity index (χ1n) is 12.5. The van der Waals surface area contributed by atoms with Crippen molar-refractivity contribution in [1.29, 1.82) is 0 Å². The van der Waals surface area contributed by atoms with E-state index in [0.717, 1.165) is 45.5 Å². The van der Waals surface area contributed by atoms with E-state index in [1.54, 1.807) is 14.2 Å². The second kappa shape index (κ2) is 9.76. The number of aromatic nitrogens is 4. The Bertz CT molecular complexity index is 1610. The molecule has 0 unspecified atom stereocenters. The van der Waals surface area contributed by atoms with Crippen molar-refractivity contribution < 1.29 is 19.0 Å². The molecule has 0 spiro atoms. The van der Waals surface area contributed by atoms with Crippen LogP contribution < -0.4 is 14.2 Å². The maximum absolute atomic E-state index is 12.7. The Labute approximate surface area is 215 Å². The lowest BCUT2D eigenvalue weighted by Gasteiger charge is -2.12. The van der Waals surface area contributed by atoms with Crippen LogP contribution in [0.4, 0.5) is 0 Å². The summed E-state index contributed by atoms with van der Waals surface area (Å²) in [5.41, 5.74) is 4.44. The number of carbonyl (C=O) groups excluding carboxylic acids is 1. The first-order valence-corrected chi connectivity index (χ1v) is 12.5. The highest BCUT2D eigenvalue weighted by Crippen LogP contribution is 2.35. The molecule has 0 bridgehead atoms. The first kappa shape index (κ1) is 24.6. The number of para-hydroxylation sites is 2. The fourth-order valence-electron chi connectivity index (χ4n) is 4.58. The van der Waals surface area contributed by atoms with Crippen LogP contribution in [0.25, 0.3) is 27.7 Å². The van der Waals surface area contributed by atoms with Gasteiger partial charge in [-0.15, -0.1) is 0 Å². The van der Waals surface area contributed by atoms with Gasteiger partial charge in [0.05, 0.1) is 31.2 Å². The van der Waals surface area contributed by atoms with Crippen molar-refractivity contribution in [2.75, 3.05) is 14.2 Å². The largest absolute Gasteiger partial charge is 0.493 e. The van der Waals surface area contributed by atoms with Crippen molar-refractivity contribution in [2.45, 2.75) is 46.6 Å². The Morgan fingerprint density at radius 3 is 2.38 bits per heavy atom. The molecule has 3 aromatic heterocycles. The molecular formula is C29H32N4O4. The Morgan fingerprint density at radius 1 is 0.919 bits per heavy atom. The molecule has 0 atom stereocenters. The fourth-order valence-corrected chi connectivity index (χ4v) is 4.58. The zero-order valence-corrected chi connectivity index (χ0v) is 22.1. The summed E-state index contributed by atoms with van der Waals surface area (Å²) < 4.78 is 20.9. The molecule has 5 rings (SSSR count). The minimum atomic E-state index is -0.291. The van der Waals surface area contributed by atoms with Gasteiger partial charge in [-0.05, 0) is 36.2 Å². The summed E-state index contributed by atoms with van der Waals surface area (Å²) in [4.78, 5) is 22.7. The smallest absolute Gasteiger partial charge is 0.313 e. The lowest BCUT2D eigenvalue weighted by molar-refractivity contribution is -0.137. The molecule has 0 saturated heterocycles. The Hall–Kier alpha value is -4.07. The third-order valence-corrected chi connectivity index (χ3v) is 6.54. The molecule has 3 heterocycles. The Kier molecular flexibility index (Phi) is 6.50. The van der Waals surface area contributed by atoms with Crippen molar-refractivity contribution in [3.8, 4) is 17.2 Å². The van der Waals surface area contributed by atoms with E-state index in [1.807, 2.05) is 62.5 Å². The number of benzene rings is 2. The molecule has 2 aromatic carbocycles. The van der Waals surface area contributed by atoms with E-state index in [4.69, 9.17) is 24.2 Å². The molecule has 0 N–H and O–H groups in total. The topological polar surface area (TPSA) is 79.9 Å². The van der Waals surface area contributed by atoms with Gasteiger partial charge in [-0.1, -0.05) is 45.9 Å². The van der Waals surface area contributed by atoms with Crippen LogP contribution in [0.3, 0.4) is 0 Å². The van der Waals surface area contributed by atoms with Crippen LogP contribution >= 0.6 is 0 Å². The molecule has 8 nitrogen and oxygen atoms in total. The number of esters is 1. The minimum absolute atomic E-state index is 0.153. The summed E-state index contributed by atoms with van der Waals surface area (Å²) in [6, 6.07) is 13.9. The van der Waals surface area contributed by atoms with Gasteiger partial charge in [0.15, 0.2) is 22.9 Å². The molecule has 0 saturated carbocycles. The summed E-state index contributed by atoms with van der Waals surface area (Å²) in [5, 5.41) is 0.738. The molecule has 0 aliphatic carbocycles. The normalized spacial score (nSPS) is 11.8. The molecule has 37 heavy (non-hydrogen) atoms. The van der Waals surface area contributed by atoms with Gasteiger partial charge in [-0.2, -0.15) is 0 Å². The molecular weight excluding hydrogens is 468 g/mol. The number of hydrogen-bond acceptors (Lipinski definition) is 6. The predicted molar refractivity (Wildman–Crippen MR) is 144 cm³/mol. The third kappa shape index (κ3) is 4.37. The molecule has 0 fully saturated rings. The lowest BCUT2D eigenvalue weighted by atomic mass is 10.1. The predicted octanol–water partition coefficient (Wildman–Crippen LogP) is 5.78. The Balaban J connectivity index is 1.68. The standard InChI is InChI=1S/C29H32N4O4/c1-17(2)26-31-27-25(28-30-20-9-7-8-10-21(20)33(26)28)24(37-29(34)18(3)4)16-32(27)14-13-19-11-12-22(35-5)23(15-19)36-6/h7-12,15-18H,13-14H2,1-6H3. The first-order chi connectivity index (χ1) is 17.8. The van der Waals surface area contributed by atoms with Crippen molar-refractivity contribution in [2.24, 2.45) is 5.92 Å². The highest BCUT2D eigenvalue weighted by Gasteiger charge is 2.24. The molecule has 0 radical (unpaired) electrons. The van der Waals surface area contributed by atoms with Gasteiger partial charge >= 0.3 is 5.97 Å². The van der Waals surface area contributed by atoms with Crippen molar-refractivity contribution >= 4 is 33.7 Å². The van der Waals surface area contributed by atoms with Crippen LogP contribution in [-0.4, -0.2) is 39.1 Å². The quantitative estimate of drug-likeness (QED) is 0.251. The number of methoxy groups -OCH3 is 2. The van der Waals surface area contributed by atoms with E-state index in [2.05, 4.69) is 22.8 Å². The van der Waals surface area contributed by atoms with Crippen molar-refractivity contribution in [1.82, 2.24) is 18.9 Å². The summed E-state index contributed by atoms with van der Waals surface area (Å²) >= 11 is 0. The van der Waals surface area contributed by atoms with Gasteiger partial charge in [0.2, 0.25) is 0 Å². The SMILES string of the molecule is COc1ccc(CCn2cc(OC(=O)C(C)C)c3c2nc(C(C)C)n2c4ccccc4nc32)cc1OC. The van der Waals surface area contributed by atoms with Crippen LogP contribution in [0.2, 0.25) is 0 Å². The van der Waals surface area contributed by atoms with Crippen LogP contribution in [0.1, 0.15) is 45.0 Å². The average Bonchev–Trinajstić information content (AvgIpc) is 3.44. The van der Waals surface area contributed by atoms with E-state index in [9.17, 15) is 4.79 Å². The number of aryl methyl sites for hydroxylation is 2. The van der Waals surface area contributed by atoms with Crippen LogP contribution in [-0.2, 0) is 17.8 Å². The van der Waals surface area contributed by atoms with Crippen LogP contribution in [0, 0.1) is 5.92 Å². The molecule has 8 heteroatoms. The molecule has 0 amide bonds. The monoisotopic (exact) mass is 500 g/mol. The second-order valence-corrected chi connectivity index (χ2v) is 9.78. The number of fused-ring (bicyclic) bond motifs is 5. The van der Waals surface area contributed by atoms with E-state index in [-0.39, 0.29) is 17.8 Å². The molecule has 192 valence electrons. The van der Waals surface area contributed by atoms with E-state index >= 15 is 0 Å². The number of nitrogens with zero attached hydrogens (tertiary/aromatic N) is 4. The lowest BCUT2D eigenvalue weighted by Crippen LogP contribution is -2.14.